The van der Waals surface area contributed by atoms with Gasteiger partial charge in [0.15, 0.2) is 0 Å². The number of Topliss-reactive ketones (excluding diaryl/α,β-unsaturated/α-hetero) is 1. The molecule has 0 saturated carbocycles. The van der Waals surface area contributed by atoms with E-state index in [1.165, 1.54) is 6.07 Å². The lowest BCUT2D eigenvalue weighted by Gasteiger charge is -2.08. The molecule has 0 bridgehead atoms. The fraction of sp³-hybridized carbons (Fsp3) is 0.417. The maximum Gasteiger partial charge on any atom is 0.138 e. The summed E-state index contributed by atoms with van der Waals surface area (Å²) in [5.74, 6) is -0.218. The van der Waals surface area contributed by atoms with Gasteiger partial charge in [0.2, 0.25) is 0 Å². The molecule has 0 aliphatic heterocycles. The van der Waals surface area contributed by atoms with Crippen molar-refractivity contribution in [2.75, 3.05) is 20.6 Å². The molecule has 2 nitrogen and oxygen atoms in total. The highest BCUT2D eigenvalue weighted by Crippen LogP contribution is 2.08. The third kappa shape index (κ3) is 4.21. The van der Waals surface area contributed by atoms with Crippen LogP contribution < -0.4 is 0 Å². The third-order valence-electron chi connectivity index (χ3n) is 2.18. The lowest BCUT2D eigenvalue weighted by atomic mass is 10.1. The molecule has 1 aromatic rings. The van der Waals surface area contributed by atoms with Crippen LogP contribution >= 0.6 is 0 Å². The van der Waals surface area contributed by atoms with E-state index in [0.717, 1.165) is 0 Å². The molecule has 1 rings (SSSR count). The second kappa shape index (κ2) is 5.61. The number of ketones is 1. The SMILES string of the molecule is CN(C)CCC(=O)Cc1ccccc1F. The topological polar surface area (TPSA) is 20.3 Å². The van der Waals surface area contributed by atoms with Gasteiger partial charge in [-0.1, -0.05) is 18.2 Å². The minimum Gasteiger partial charge on any atom is -0.309 e. The number of benzene rings is 1. The van der Waals surface area contributed by atoms with Crippen LogP contribution in [-0.4, -0.2) is 31.3 Å². The fourth-order valence-corrected chi connectivity index (χ4v) is 1.29. The molecule has 0 heterocycles. The third-order valence-corrected chi connectivity index (χ3v) is 2.18. The second-order valence-electron chi connectivity index (χ2n) is 3.86. The normalized spacial score (nSPS) is 10.7. The van der Waals surface area contributed by atoms with Crippen LogP contribution in [0.1, 0.15) is 12.0 Å². The Kier molecular flexibility index (Phi) is 4.43. The first kappa shape index (κ1) is 11.9. The van der Waals surface area contributed by atoms with Gasteiger partial charge in [-0.2, -0.15) is 0 Å². The predicted molar refractivity (Wildman–Crippen MR) is 58.3 cm³/mol. The van der Waals surface area contributed by atoms with E-state index in [4.69, 9.17) is 0 Å². The van der Waals surface area contributed by atoms with E-state index in [1.54, 1.807) is 18.2 Å². The number of nitrogens with zero attached hydrogens (tertiary/aromatic N) is 1. The van der Waals surface area contributed by atoms with Crippen molar-refractivity contribution in [3.8, 4) is 0 Å². The molecule has 0 unspecified atom stereocenters. The van der Waals surface area contributed by atoms with E-state index >= 15 is 0 Å². The summed E-state index contributed by atoms with van der Waals surface area (Å²) in [6.07, 6.45) is 0.668. The van der Waals surface area contributed by atoms with Crippen molar-refractivity contribution >= 4 is 5.78 Å². The zero-order chi connectivity index (χ0) is 11.3. The van der Waals surface area contributed by atoms with Crippen molar-refractivity contribution in [2.45, 2.75) is 12.8 Å². The van der Waals surface area contributed by atoms with Crippen molar-refractivity contribution in [1.82, 2.24) is 4.90 Å². The average Bonchev–Trinajstić information content (AvgIpc) is 2.18. The lowest BCUT2D eigenvalue weighted by molar-refractivity contribution is -0.118. The maximum atomic E-state index is 13.2. The minimum absolute atomic E-state index is 0.0776. The molecule has 0 aromatic heterocycles. The Labute approximate surface area is 89.7 Å². The highest BCUT2D eigenvalue weighted by atomic mass is 19.1. The number of halogens is 1. The van der Waals surface area contributed by atoms with E-state index < -0.39 is 0 Å². The molecule has 0 saturated heterocycles. The molecule has 0 atom stereocenters. The molecule has 15 heavy (non-hydrogen) atoms. The fourth-order valence-electron chi connectivity index (χ4n) is 1.29. The molecule has 3 heteroatoms. The van der Waals surface area contributed by atoms with Gasteiger partial charge >= 0.3 is 0 Å². The molecular weight excluding hydrogens is 193 g/mol. The summed E-state index contributed by atoms with van der Waals surface area (Å²) in [6.45, 7) is 0.716. The molecule has 0 aliphatic carbocycles. The number of hydrogen-bond donors (Lipinski definition) is 0. The number of carbonyl (C=O) groups excluding carboxylic acids is 1. The Bertz CT molecular complexity index is 336. The zero-order valence-electron chi connectivity index (χ0n) is 9.16. The highest BCUT2D eigenvalue weighted by Gasteiger charge is 2.07. The van der Waals surface area contributed by atoms with Crippen LogP contribution in [0.3, 0.4) is 0 Å². The largest absolute Gasteiger partial charge is 0.309 e. The standard InChI is InChI=1S/C12H16FNO/c1-14(2)8-7-11(15)9-10-5-3-4-6-12(10)13/h3-6H,7-9H2,1-2H3. The Balaban J connectivity index is 2.48. The van der Waals surface area contributed by atoms with Gasteiger partial charge in [0.25, 0.3) is 0 Å². The van der Waals surface area contributed by atoms with E-state index in [9.17, 15) is 9.18 Å². The van der Waals surface area contributed by atoms with Gasteiger partial charge in [0.1, 0.15) is 11.6 Å². The minimum atomic E-state index is -0.296. The van der Waals surface area contributed by atoms with Gasteiger partial charge < -0.3 is 4.90 Å². The summed E-state index contributed by atoms with van der Waals surface area (Å²) in [4.78, 5) is 13.4. The smallest absolute Gasteiger partial charge is 0.138 e. The molecule has 0 fully saturated rings. The van der Waals surface area contributed by atoms with E-state index in [2.05, 4.69) is 0 Å². The second-order valence-corrected chi connectivity index (χ2v) is 3.86. The van der Waals surface area contributed by atoms with Crippen molar-refractivity contribution < 1.29 is 9.18 Å². The van der Waals surface area contributed by atoms with Gasteiger partial charge in [0, 0.05) is 19.4 Å². The Hall–Kier alpha value is -1.22. The van der Waals surface area contributed by atoms with Crippen molar-refractivity contribution in [3.63, 3.8) is 0 Å². The van der Waals surface area contributed by atoms with Crippen LogP contribution in [0, 0.1) is 5.82 Å². The number of carbonyl (C=O) groups is 1. The molecule has 82 valence electrons. The maximum absolute atomic E-state index is 13.2. The van der Waals surface area contributed by atoms with Crippen LogP contribution in [-0.2, 0) is 11.2 Å². The van der Waals surface area contributed by atoms with E-state index in [0.29, 0.717) is 18.5 Å². The molecule has 0 amide bonds. The quantitative estimate of drug-likeness (QED) is 0.738. The van der Waals surface area contributed by atoms with Gasteiger partial charge in [-0.15, -0.1) is 0 Å². The molecular formula is C12H16FNO. The van der Waals surface area contributed by atoms with Crippen molar-refractivity contribution in [3.05, 3.63) is 35.6 Å². The van der Waals surface area contributed by atoms with Crippen LogP contribution in [0.5, 0.6) is 0 Å². The summed E-state index contributed by atoms with van der Waals surface area (Å²) in [5, 5.41) is 0. The first-order chi connectivity index (χ1) is 7.09. The lowest BCUT2D eigenvalue weighted by Crippen LogP contribution is -2.17. The Morgan fingerprint density at radius 3 is 2.60 bits per heavy atom. The zero-order valence-corrected chi connectivity index (χ0v) is 9.16. The predicted octanol–water partition coefficient (Wildman–Crippen LogP) is 1.89. The summed E-state index contributed by atoms with van der Waals surface area (Å²) < 4.78 is 13.2. The number of hydrogen-bond acceptors (Lipinski definition) is 2. The summed E-state index contributed by atoms with van der Waals surface area (Å²) in [5.41, 5.74) is 0.487. The van der Waals surface area contributed by atoms with Gasteiger partial charge in [0.05, 0.1) is 0 Å². The van der Waals surface area contributed by atoms with Crippen molar-refractivity contribution in [2.24, 2.45) is 0 Å². The average molecular weight is 209 g/mol. The Morgan fingerprint density at radius 2 is 2.00 bits per heavy atom. The van der Waals surface area contributed by atoms with E-state index in [1.807, 2.05) is 19.0 Å². The molecule has 0 N–H and O–H groups in total. The molecule has 0 radical (unpaired) electrons. The van der Waals surface area contributed by atoms with Gasteiger partial charge in [-0.25, -0.2) is 4.39 Å². The van der Waals surface area contributed by atoms with Crippen LogP contribution in [0.25, 0.3) is 0 Å². The molecule has 0 spiro atoms. The summed E-state index contributed by atoms with van der Waals surface area (Å²) in [7, 11) is 3.83. The number of rotatable bonds is 5. The first-order valence-electron chi connectivity index (χ1n) is 4.99. The van der Waals surface area contributed by atoms with Crippen molar-refractivity contribution in [1.29, 1.82) is 0 Å². The van der Waals surface area contributed by atoms with Gasteiger partial charge in [-0.05, 0) is 25.7 Å². The van der Waals surface area contributed by atoms with Crippen LogP contribution in [0.15, 0.2) is 24.3 Å². The van der Waals surface area contributed by atoms with Gasteiger partial charge in [-0.3, -0.25) is 4.79 Å². The van der Waals surface area contributed by atoms with E-state index in [-0.39, 0.29) is 18.0 Å². The Morgan fingerprint density at radius 1 is 1.33 bits per heavy atom. The summed E-state index contributed by atoms with van der Waals surface area (Å²) in [6, 6.07) is 6.41. The monoisotopic (exact) mass is 209 g/mol. The first-order valence-corrected chi connectivity index (χ1v) is 4.99. The molecule has 1 aromatic carbocycles. The van der Waals surface area contributed by atoms with Crippen LogP contribution in [0.2, 0.25) is 0 Å². The molecule has 0 aliphatic rings. The summed E-state index contributed by atoms with van der Waals surface area (Å²) >= 11 is 0. The highest BCUT2D eigenvalue weighted by molar-refractivity contribution is 5.81. The van der Waals surface area contributed by atoms with Crippen LogP contribution in [0.4, 0.5) is 4.39 Å².